The monoisotopic (exact) mass is 484 g/mol. The van der Waals surface area contributed by atoms with Crippen molar-refractivity contribution < 1.29 is 14.3 Å². The molecule has 184 valence electrons. The second-order valence-electron chi connectivity index (χ2n) is 9.38. The number of carbonyl (C=O) groups excluding carboxylic acids is 2. The molecule has 0 saturated heterocycles. The highest BCUT2D eigenvalue weighted by Gasteiger charge is 2.30. The van der Waals surface area contributed by atoms with E-state index in [2.05, 4.69) is 5.32 Å². The summed E-state index contributed by atoms with van der Waals surface area (Å²) in [5, 5.41) is 3.91. The summed E-state index contributed by atoms with van der Waals surface area (Å²) in [6, 6.07) is 11.3. The largest absolute Gasteiger partial charge is 0.484 e. The number of nitrogens with zero attached hydrogens (tertiary/aromatic N) is 1. The number of ether oxygens (including phenoxy) is 1. The molecular formula is C28H37ClN2O3. The van der Waals surface area contributed by atoms with E-state index < -0.39 is 6.04 Å². The predicted molar refractivity (Wildman–Crippen MR) is 137 cm³/mol. The van der Waals surface area contributed by atoms with Crippen LogP contribution in [0.15, 0.2) is 36.4 Å². The normalized spacial score (nSPS) is 15.0. The minimum Gasteiger partial charge on any atom is -0.484 e. The first-order valence-corrected chi connectivity index (χ1v) is 12.7. The van der Waals surface area contributed by atoms with E-state index in [0.717, 1.165) is 47.9 Å². The summed E-state index contributed by atoms with van der Waals surface area (Å²) < 4.78 is 5.88. The van der Waals surface area contributed by atoms with Crippen LogP contribution in [-0.2, 0) is 16.1 Å². The lowest BCUT2D eigenvalue weighted by molar-refractivity contribution is -0.143. The fourth-order valence-corrected chi connectivity index (χ4v) is 4.76. The van der Waals surface area contributed by atoms with E-state index >= 15 is 0 Å². The van der Waals surface area contributed by atoms with E-state index in [-0.39, 0.29) is 24.5 Å². The smallest absolute Gasteiger partial charge is 0.261 e. The lowest BCUT2D eigenvalue weighted by Crippen LogP contribution is -2.52. The molecule has 1 N–H and O–H groups in total. The molecule has 0 spiro atoms. The first-order chi connectivity index (χ1) is 16.3. The number of benzene rings is 2. The zero-order chi connectivity index (χ0) is 24.7. The third-order valence-electron chi connectivity index (χ3n) is 6.71. The van der Waals surface area contributed by atoms with Crippen molar-refractivity contribution in [1.82, 2.24) is 10.2 Å². The van der Waals surface area contributed by atoms with Gasteiger partial charge in [0.1, 0.15) is 11.8 Å². The molecule has 6 heteroatoms. The summed E-state index contributed by atoms with van der Waals surface area (Å²) in [6.45, 7) is 8.03. The number of aryl methyl sites for hydroxylation is 3. The number of hydrogen-bond donors (Lipinski definition) is 1. The van der Waals surface area contributed by atoms with Crippen molar-refractivity contribution in [1.29, 1.82) is 0 Å². The molecule has 0 aromatic heterocycles. The number of carbonyl (C=O) groups is 2. The van der Waals surface area contributed by atoms with Crippen LogP contribution in [0.2, 0.25) is 5.02 Å². The van der Waals surface area contributed by atoms with Crippen molar-refractivity contribution in [2.45, 2.75) is 84.8 Å². The van der Waals surface area contributed by atoms with E-state index in [0.29, 0.717) is 23.7 Å². The van der Waals surface area contributed by atoms with Crippen molar-refractivity contribution in [3.8, 4) is 5.75 Å². The molecule has 2 aromatic rings. The Balaban J connectivity index is 1.79. The van der Waals surface area contributed by atoms with Crippen LogP contribution in [0.4, 0.5) is 0 Å². The molecule has 1 unspecified atom stereocenters. The van der Waals surface area contributed by atoms with Gasteiger partial charge < -0.3 is 15.0 Å². The topological polar surface area (TPSA) is 58.6 Å². The highest BCUT2D eigenvalue weighted by molar-refractivity contribution is 6.32. The molecule has 2 aromatic carbocycles. The lowest BCUT2D eigenvalue weighted by Gasteiger charge is -2.33. The minimum absolute atomic E-state index is 0.0745. The standard InChI is InChI=1S/C28H37ClN2O3/c1-5-25(28(33)30-23-13-7-6-8-14-23)31(17-22-12-10-9-11-19(22)2)26(32)18-34-24-15-20(3)27(29)21(4)16-24/h9-12,15-16,23,25H,5-8,13-14,17-18H2,1-4H3,(H,30,33). The van der Waals surface area contributed by atoms with Crippen molar-refractivity contribution in [3.63, 3.8) is 0 Å². The van der Waals surface area contributed by atoms with E-state index in [4.69, 9.17) is 16.3 Å². The molecule has 0 radical (unpaired) electrons. The summed E-state index contributed by atoms with van der Waals surface area (Å²) in [5.74, 6) is 0.317. The summed E-state index contributed by atoms with van der Waals surface area (Å²) in [4.78, 5) is 28.4. The molecule has 1 aliphatic carbocycles. The highest BCUT2D eigenvalue weighted by atomic mass is 35.5. The molecule has 34 heavy (non-hydrogen) atoms. The molecule has 0 aliphatic heterocycles. The van der Waals surface area contributed by atoms with Crippen LogP contribution in [0.5, 0.6) is 5.75 Å². The first-order valence-electron chi connectivity index (χ1n) is 12.3. The number of rotatable bonds is 9. The molecule has 3 rings (SSSR count). The Bertz CT molecular complexity index is 978. The van der Waals surface area contributed by atoms with Crippen LogP contribution in [0.25, 0.3) is 0 Å². The Morgan fingerprint density at radius 3 is 2.32 bits per heavy atom. The maximum absolute atomic E-state index is 13.5. The van der Waals surface area contributed by atoms with Gasteiger partial charge in [0.25, 0.3) is 5.91 Å². The van der Waals surface area contributed by atoms with Crippen LogP contribution in [0.1, 0.15) is 67.7 Å². The van der Waals surface area contributed by atoms with Crippen LogP contribution in [-0.4, -0.2) is 35.4 Å². The summed E-state index contributed by atoms with van der Waals surface area (Å²) in [7, 11) is 0. The van der Waals surface area contributed by atoms with Crippen molar-refractivity contribution >= 4 is 23.4 Å². The summed E-state index contributed by atoms with van der Waals surface area (Å²) in [6.07, 6.45) is 6.05. The third kappa shape index (κ3) is 6.75. The second kappa shape index (κ2) is 12.3. The van der Waals surface area contributed by atoms with E-state index in [9.17, 15) is 9.59 Å². The second-order valence-corrected chi connectivity index (χ2v) is 9.75. The maximum atomic E-state index is 13.5. The van der Waals surface area contributed by atoms with Gasteiger partial charge in [0.15, 0.2) is 6.61 Å². The van der Waals surface area contributed by atoms with Gasteiger partial charge in [-0.25, -0.2) is 0 Å². The van der Waals surface area contributed by atoms with Crippen molar-refractivity contribution in [3.05, 3.63) is 63.7 Å². The average molecular weight is 485 g/mol. The molecule has 0 heterocycles. The lowest BCUT2D eigenvalue weighted by atomic mass is 9.95. The van der Waals surface area contributed by atoms with E-state index in [1.54, 1.807) is 4.90 Å². The van der Waals surface area contributed by atoms with Crippen LogP contribution in [0, 0.1) is 20.8 Å². The van der Waals surface area contributed by atoms with Gasteiger partial charge in [0.2, 0.25) is 5.91 Å². The average Bonchev–Trinajstić information content (AvgIpc) is 2.82. The zero-order valence-corrected chi connectivity index (χ0v) is 21.6. The predicted octanol–water partition coefficient (Wildman–Crippen LogP) is 5.90. The van der Waals surface area contributed by atoms with Gasteiger partial charge in [-0.15, -0.1) is 0 Å². The van der Waals surface area contributed by atoms with Crippen LogP contribution in [0.3, 0.4) is 0 Å². The number of halogens is 1. The highest BCUT2D eigenvalue weighted by Crippen LogP contribution is 2.26. The van der Waals surface area contributed by atoms with E-state index in [1.807, 2.05) is 64.1 Å². The minimum atomic E-state index is -0.550. The Labute approximate surface area is 208 Å². The van der Waals surface area contributed by atoms with E-state index in [1.165, 1.54) is 6.42 Å². The Morgan fingerprint density at radius 2 is 1.71 bits per heavy atom. The quantitative estimate of drug-likeness (QED) is 0.482. The molecule has 2 amide bonds. The van der Waals surface area contributed by atoms with Crippen molar-refractivity contribution in [2.24, 2.45) is 0 Å². The summed E-state index contributed by atoms with van der Waals surface area (Å²) >= 11 is 6.27. The molecule has 1 atom stereocenters. The number of nitrogens with one attached hydrogen (secondary N) is 1. The molecular weight excluding hydrogens is 448 g/mol. The molecule has 5 nitrogen and oxygen atoms in total. The molecule has 0 bridgehead atoms. The van der Waals surface area contributed by atoms with Gasteiger partial charge in [-0.2, -0.15) is 0 Å². The molecule has 1 aliphatic rings. The van der Waals surface area contributed by atoms with Gasteiger partial charge in [-0.1, -0.05) is 62.1 Å². The Hall–Kier alpha value is -2.53. The van der Waals surface area contributed by atoms with Gasteiger partial charge >= 0.3 is 0 Å². The molecule has 1 fully saturated rings. The summed E-state index contributed by atoms with van der Waals surface area (Å²) in [5.41, 5.74) is 3.92. The maximum Gasteiger partial charge on any atom is 0.261 e. The fourth-order valence-electron chi connectivity index (χ4n) is 4.65. The van der Waals surface area contributed by atoms with Crippen LogP contribution >= 0.6 is 11.6 Å². The Kier molecular flexibility index (Phi) is 9.40. The third-order valence-corrected chi connectivity index (χ3v) is 7.31. The fraction of sp³-hybridized carbons (Fsp3) is 0.500. The van der Waals surface area contributed by atoms with Gasteiger partial charge in [0, 0.05) is 17.6 Å². The number of amides is 2. The van der Waals surface area contributed by atoms with Gasteiger partial charge in [0.05, 0.1) is 0 Å². The zero-order valence-electron chi connectivity index (χ0n) is 20.8. The molecule has 1 saturated carbocycles. The van der Waals surface area contributed by atoms with Gasteiger partial charge in [-0.3, -0.25) is 9.59 Å². The number of hydrogen-bond acceptors (Lipinski definition) is 3. The van der Waals surface area contributed by atoms with Crippen molar-refractivity contribution in [2.75, 3.05) is 6.61 Å². The first kappa shape index (κ1) is 26.1. The van der Waals surface area contributed by atoms with Gasteiger partial charge in [-0.05, 0) is 74.4 Å². The SMILES string of the molecule is CCC(C(=O)NC1CCCCC1)N(Cc1ccccc1C)C(=O)COc1cc(C)c(Cl)c(C)c1. The Morgan fingerprint density at radius 1 is 1.06 bits per heavy atom. The van der Waals surface area contributed by atoms with Crippen LogP contribution < -0.4 is 10.1 Å².